The Bertz CT molecular complexity index is 691. The van der Waals surface area contributed by atoms with Gasteiger partial charge in [-0.1, -0.05) is 25.4 Å². The average molecular weight is 309 g/mol. The summed E-state index contributed by atoms with van der Waals surface area (Å²) < 4.78 is 13.4. The summed E-state index contributed by atoms with van der Waals surface area (Å²) >= 11 is 5.97. The van der Waals surface area contributed by atoms with Gasteiger partial charge in [-0.15, -0.1) is 0 Å². The maximum absolute atomic E-state index is 13.4. The van der Waals surface area contributed by atoms with Gasteiger partial charge in [-0.25, -0.2) is 9.37 Å². The van der Waals surface area contributed by atoms with Gasteiger partial charge < -0.3 is 11.1 Å². The molecule has 5 nitrogen and oxygen atoms in total. The van der Waals surface area contributed by atoms with Gasteiger partial charge in [0.15, 0.2) is 11.6 Å². The van der Waals surface area contributed by atoms with E-state index in [9.17, 15) is 9.18 Å². The van der Waals surface area contributed by atoms with Crippen LogP contribution in [0, 0.1) is 11.7 Å². The molecule has 21 heavy (non-hydrogen) atoms. The quantitative estimate of drug-likeness (QED) is 0.846. The fraction of sp³-hybridized carbons (Fsp3) is 0.214. The van der Waals surface area contributed by atoms with Crippen LogP contribution < -0.4 is 11.1 Å². The molecule has 0 atom stereocenters. The van der Waals surface area contributed by atoms with Gasteiger partial charge in [-0.2, -0.15) is 4.98 Å². The first-order valence-electron chi connectivity index (χ1n) is 6.27. The third kappa shape index (κ3) is 3.46. The van der Waals surface area contributed by atoms with Crippen LogP contribution in [0.3, 0.4) is 0 Å². The highest BCUT2D eigenvalue weighted by Crippen LogP contribution is 2.27. The Labute approximate surface area is 126 Å². The molecule has 0 bridgehead atoms. The van der Waals surface area contributed by atoms with Crippen molar-refractivity contribution in [3.63, 3.8) is 0 Å². The van der Waals surface area contributed by atoms with Gasteiger partial charge in [-0.05, 0) is 18.2 Å². The Morgan fingerprint density at radius 3 is 2.81 bits per heavy atom. The number of anilines is 3. The Kier molecular flexibility index (Phi) is 4.37. The number of nitrogen functional groups attached to an aromatic ring is 1. The number of nitrogens with two attached hydrogens (primary N) is 1. The molecule has 0 saturated heterocycles. The van der Waals surface area contributed by atoms with E-state index in [0.717, 1.165) is 0 Å². The number of ketones is 1. The van der Waals surface area contributed by atoms with Crippen molar-refractivity contribution in [3.05, 3.63) is 40.8 Å². The number of benzene rings is 1. The zero-order chi connectivity index (χ0) is 15.6. The number of nitrogens with zero attached hydrogens (tertiary/aromatic N) is 2. The van der Waals surface area contributed by atoms with E-state index in [1.165, 1.54) is 24.4 Å². The number of aromatic nitrogens is 2. The van der Waals surface area contributed by atoms with Crippen LogP contribution in [0.25, 0.3) is 0 Å². The zero-order valence-corrected chi connectivity index (χ0v) is 12.3. The highest BCUT2D eigenvalue weighted by Gasteiger charge is 2.17. The molecule has 1 aromatic heterocycles. The van der Waals surface area contributed by atoms with E-state index in [-0.39, 0.29) is 34.1 Å². The van der Waals surface area contributed by atoms with Crippen LogP contribution in [0.2, 0.25) is 5.02 Å². The van der Waals surface area contributed by atoms with Crippen LogP contribution >= 0.6 is 11.6 Å². The summed E-state index contributed by atoms with van der Waals surface area (Å²) in [6.45, 7) is 3.49. The van der Waals surface area contributed by atoms with E-state index in [1.54, 1.807) is 13.8 Å². The molecule has 0 aliphatic rings. The van der Waals surface area contributed by atoms with Crippen LogP contribution in [-0.4, -0.2) is 15.8 Å². The van der Waals surface area contributed by atoms with E-state index in [2.05, 4.69) is 15.3 Å². The monoisotopic (exact) mass is 308 g/mol. The maximum atomic E-state index is 13.4. The first-order chi connectivity index (χ1) is 9.88. The Morgan fingerprint density at radius 1 is 1.43 bits per heavy atom. The van der Waals surface area contributed by atoms with Crippen LogP contribution in [0.15, 0.2) is 24.4 Å². The summed E-state index contributed by atoms with van der Waals surface area (Å²) in [4.78, 5) is 19.9. The van der Waals surface area contributed by atoms with Gasteiger partial charge in [0.1, 0.15) is 10.8 Å². The maximum Gasteiger partial charge on any atom is 0.222 e. The van der Waals surface area contributed by atoms with E-state index >= 15 is 0 Å². The minimum atomic E-state index is -0.488. The second kappa shape index (κ2) is 6.05. The molecular weight excluding hydrogens is 295 g/mol. The first-order valence-corrected chi connectivity index (χ1v) is 6.65. The molecule has 0 fully saturated rings. The van der Waals surface area contributed by atoms with Crippen molar-refractivity contribution in [1.82, 2.24) is 9.97 Å². The predicted octanol–water partition coefficient (Wildman–Crippen LogP) is 3.43. The second-order valence-corrected chi connectivity index (χ2v) is 5.17. The van der Waals surface area contributed by atoms with Gasteiger partial charge >= 0.3 is 0 Å². The molecule has 3 N–H and O–H groups in total. The van der Waals surface area contributed by atoms with Crippen molar-refractivity contribution in [2.75, 3.05) is 11.1 Å². The summed E-state index contributed by atoms with van der Waals surface area (Å²) in [6.07, 6.45) is 1.35. The molecule has 7 heteroatoms. The Balaban J connectivity index is 2.44. The average Bonchev–Trinajstić information content (AvgIpc) is 2.43. The van der Waals surface area contributed by atoms with Crippen LogP contribution in [0.5, 0.6) is 0 Å². The lowest BCUT2D eigenvalue weighted by atomic mass is 9.99. The van der Waals surface area contributed by atoms with Crippen molar-refractivity contribution in [2.24, 2.45) is 5.92 Å². The summed E-state index contributed by atoms with van der Waals surface area (Å²) in [6, 6.07) is 3.89. The lowest BCUT2D eigenvalue weighted by Gasteiger charge is -2.13. The summed E-state index contributed by atoms with van der Waals surface area (Å²) in [5.74, 6) is -0.638. The molecular formula is C14H14ClFN4O. The lowest BCUT2D eigenvalue weighted by molar-refractivity contribution is 0.0940. The Hall–Kier alpha value is -2.21. The molecule has 0 amide bonds. The van der Waals surface area contributed by atoms with Crippen molar-refractivity contribution >= 4 is 34.8 Å². The molecule has 2 aromatic rings. The highest BCUT2D eigenvalue weighted by atomic mass is 35.5. The minimum absolute atomic E-state index is 0.0424. The third-order valence-corrected chi connectivity index (χ3v) is 3.06. The largest absolute Gasteiger partial charge is 0.368 e. The van der Waals surface area contributed by atoms with E-state index < -0.39 is 5.82 Å². The number of hydrogen-bond donors (Lipinski definition) is 2. The molecule has 1 heterocycles. The summed E-state index contributed by atoms with van der Waals surface area (Å²) in [5, 5.41) is 3.14. The topological polar surface area (TPSA) is 80.9 Å². The van der Waals surface area contributed by atoms with Crippen molar-refractivity contribution in [3.8, 4) is 0 Å². The Morgan fingerprint density at radius 2 is 2.14 bits per heavy atom. The van der Waals surface area contributed by atoms with Crippen LogP contribution in [0.1, 0.15) is 24.2 Å². The zero-order valence-electron chi connectivity index (χ0n) is 11.5. The first kappa shape index (κ1) is 15.2. The molecule has 0 saturated carbocycles. The third-order valence-electron chi connectivity index (χ3n) is 2.79. The van der Waals surface area contributed by atoms with Crippen molar-refractivity contribution in [1.29, 1.82) is 0 Å². The molecule has 0 unspecified atom stereocenters. The fourth-order valence-electron chi connectivity index (χ4n) is 1.74. The van der Waals surface area contributed by atoms with E-state index in [4.69, 9.17) is 17.3 Å². The molecule has 0 aliphatic heterocycles. The van der Waals surface area contributed by atoms with Crippen LogP contribution in [0.4, 0.5) is 21.8 Å². The number of hydrogen-bond acceptors (Lipinski definition) is 5. The van der Waals surface area contributed by atoms with Crippen LogP contribution in [-0.2, 0) is 0 Å². The SMILES string of the molecule is CC(C)C(=O)c1cc(F)ccc1Nc1nc(N)ncc1Cl. The summed E-state index contributed by atoms with van der Waals surface area (Å²) in [7, 11) is 0. The highest BCUT2D eigenvalue weighted by molar-refractivity contribution is 6.33. The van der Waals surface area contributed by atoms with E-state index in [1.807, 2.05) is 0 Å². The van der Waals surface area contributed by atoms with Gasteiger partial charge in [0.05, 0.1) is 11.9 Å². The normalized spacial score (nSPS) is 10.7. The summed E-state index contributed by atoms with van der Waals surface area (Å²) in [5.41, 5.74) is 6.15. The number of nitrogens with one attached hydrogen (secondary N) is 1. The second-order valence-electron chi connectivity index (χ2n) is 4.76. The molecule has 110 valence electrons. The van der Waals surface area contributed by atoms with Gasteiger partial charge in [0.2, 0.25) is 5.95 Å². The van der Waals surface area contributed by atoms with Gasteiger partial charge in [0, 0.05) is 11.5 Å². The molecule has 2 rings (SSSR count). The van der Waals surface area contributed by atoms with Crippen molar-refractivity contribution in [2.45, 2.75) is 13.8 Å². The number of carbonyl (C=O) groups is 1. The lowest BCUT2D eigenvalue weighted by Crippen LogP contribution is -2.11. The molecule has 0 radical (unpaired) electrons. The number of halogens is 2. The molecule has 0 aliphatic carbocycles. The van der Waals surface area contributed by atoms with Gasteiger partial charge in [-0.3, -0.25) is 4.79 Å². The fourth-order valence-corrected chi connectivity index (χ4v) is 1.87. The number of Topliss-reactive ketones (excluding diaryl/α,β-unsaturated/α-hetero) is 1. The molecule has 0 spiro atoms. The predicted molar refractivity (Wildman–Crippen MR) is 80.3 cm³/mol. The van der Waals surface area contributed by atoms with Crippen molar-refractivity contribution < 1.29 is 9.18 Å². The van der Waals surface area contributed by atoms with E-state index in [0.29, 0.717) is 5.69 Å². The number of carbonyl (C=O) groups excluding carboxylic acids is 1. The smallest absolute Gasteiger partial charge is 0.222 e. The minimum Gasteiger partial charge on any atom is -0.368 e. The molecule has 1 aromatic carbocycles. The number of rotatable bonds is 4. The standard InChI is InChI=1S/C14H14ClFN4O/c1-7(2)12(21)9-5-8(16)3-4-11(9)19-13-10(15)6-18-14(17)20-13/h3-7H,1-2H3,(H3,17,18,19,20). The van der Waals surface area contributed by atoms with Gasteiger partial charge in [0.25, 0.3) is 0 Å².